The maximum absolute atomic E-state index is 13.9. The maximum Gasteiger partial charge on any atom is 0.251 e. The molecule has 0 saturated carbocycles. The van der Waals surface area contributed by atoms with E-state index in [1.165, 1.54) is 18.2 Å². The van der Waals surface area contributed by atoms with Crippen LogP contribution in [-0.4, -0.2) is 43.0 Å². The molecule has 3 N–H and O–H groups in total. The van der Waals surface area contributed by atoms with Gasteiger partial charge in [0.15, 0.2) is 11.5 Å². The number of hydrogen-bond donors (Lipinski definition) is 2. The van der Waals surface area contributed by atoms with Gasteiger partial charge < -0.3 is 25.4 Å². The number of primary amides is 1. The average molecular weight is 413 g/mol. The molecule has 1 unspecified atom stereocenters. The van der Waals surface area contributed by atoms with Crippen LogP contribution in [0.15, 0.2) is 36.4 Å². The number of nitrogens with one attached hydrogen (secondary N) is 1. The van der Waals surface area contributed by atoms with Gasteiger partial charge >= 0.3 is 0 Å². The summed E-state index contributed by atoms with van der Waals surface area (Å²) in [6.07, 6.45) is 2.62. The van der Waals surface area contributed by atoms with E-state index < -0.39 is 11.7 Å². The van der Waals surface area contributed by atoms with E-state index in [0.717, 1.165) is 30.6 Å². The summed E-state index contributed by atoms with van der Waals surface area (Å²) in [7, 11) is 0. The Morgan fingerprint density at radius 2 is 1.90 bits per heavy atom. The minimum absolute atomic E-state index is 0.0242. The monoisotopic (exact) mass is 413 g/mol. The number of nitrogens with zero attached hydrogens (tertiary/aromatic N) is 1. The fraction of sp³-hybridized carbons (Fsp3) is 0.364. The molecular formula is C22H24FN3O4. The number of nitrogens with two attached hydrogens (primary N) is 1. The fourth-order valence-electron chi connectivity index (χ4n) is 3.90. The van der Waals surface area contributed by atoms with Crippen LogP contribution >= 0.6 is 0 Å². The number of halogens is 1. The number of carbonyl (C=O) groups is 2. The topological polar surface area (TPSA) is 93.9 Å². The number of hydrogen-bond acceptors (Lipinski definition) is 5. The second kappa shape index (κ2) is 8.61. The Bertz CT molecular complexity index is 965. The van der Waals surface area contributed by atoms with Gasteiger partial charge in [-0.05, 0) is 48.7 Å². The van der Waals surface area contributed by atoms with Crippen molar-refractivity contribution in [1.29, 1.82) is 0 Å². The first kappa shape index (κ1) is 20.0. The molecule has 2 heterocycles. The molecule has 0 aliphatic carbocycles. The molecule has 30 heavy (non-hydrogen) atoms. The van der Waals surface area contributed by atoms with Gasteiger partial charge in [0, 0.05) is 18.7 Å². The van der Waals surface area contributed by atoms with Crippen LogP contribution in [-0.2, 0) is 4.79 Å². The molecule has 1 atom stereocenters. The Hall–Kier alpha value is -3.29. The Labute approximate surface area is 173 Å². The van der Waals surface area contributed by atoms with Gasteiger partial charge in [0.25, 0.3) is 5.91 Å². The van der Waals surface area contributed by atoms with Crippen molar-refractivity contribution >= 4 is 17.5 Å². The van der Waals surface area contributed by atoms with Crippen LogP contribution in [0.2, 0.25) is 0 Å². The molecule has 2 amide bonds. The molecule has 1 saturated heterocycles. The second-order valence-electron chi connectivity index (χ2n) is 7.41. The third-order valence-corrected chi connectivity index (χ3v) is 5.41. The van der Waals surface area contributed by atoms with E-state index in [9.17, 15) is 14.0 Å². The predicted molar refractivity (Wildman–Crippen MR) is 109 cm³/mol. The van der Waals surface area contributed by atoms with Gasteiger partial charge in [-0.1, -0.05) is 6.07 Å². The first-order chi connectivity index (χ1) is 14.5. The second-order valence-corrected chi connectivity index (χ2v) is 7.41. The van der Waals surface area contributed by atoms with Gasteiger partial charge in [-0.2, -0.15) is 0 Å². The standard InChI is InChI=1S/C22H24FN3O4/c23-17-12-15(5-6-16(17)22(24)28)25-13-21(27)26-8-1-3-18(26)14-4-7-19-20(11-14)30-10-2-9-29-19/h4-7,11-12,18,25H,1-3,8-10,13H2,(H2,24,28). The molecule has 2 aromatic carbocycles. The van der Waals surface area contributed by atoms with E-state index in [2.05, 4.69) is 5.32 Å². The third kappa shape index (κ3) is 4.17. The third-order valence-electron chi connectivity index (χ3n) is 5.41. The van der Waals surface area contributed by atoms with Crippen molar-refractivity contribution in [1.82, 2.24) is 4.90 Å². The Balaban J connectivity index is 1.43. The van der Waals surface area contributed by atoms with Gasteiger partial charge in [-0.25, -0.2) is 4.39 Å². The first-order valence-electron chi connectivity index (χ1n) is 10.0. The molecular weight excluding hydrogens is 389 g/mol. The van der Waals surface area contributed by atoms with E-state index in [4.69, 9.17) is 15.2 Å². The first-order valence-corrected chi connectivity index (χ1v) is 10.0. The van der Waals surface area contributed by atoms with E-state index in [1.807, 2.05) is 23.1 Å². The lowest BCUT2D eigenvalue weighted by atomic mass is 10.0. The zero-order valence-corrected chi connectivity index (χ0v) is 16.5. The molecule has 0 aromatic heterocycles. The highest BCUT2D eigenvalue weighted by atomic mass is 19.1. The van der Waals surface area contributed by atoms with Gasteiger partial charge in [0.1, 0.15) is 5.82 Å². The van der Waals surface area contributed by atoms with Crippen LogP contribution in [0.4, 0.5) is 10.1 Å². The SMILES string of the molecule is NC(=O)c1ccc(NCC(=O)N2CCCC2c2ccc3c(c2)OCCCO3)cc1F. The van der Waals surface area contributed by atoms with Crippen LogP contribution < -0.4 is 20.5 Å². The zero-order valence-electron chi connectivity index (χ0n) is 16.5. The Kier molecular flexibility index (Phi) is 5.74. The van der Waals surface area contributed by atoms with Gasteiger partial charge in [0.2, 0.25) is 5.91 Å². The van der Waals surface area contributed by atoms with Gasteiger partial charge in [0.05, 0.1) is 31.4 Å². The van der Waals surface area contributed by atoms with Gasteiger partial charge in [-0.3, -0.25) is 9.59 Å². The molecule has 2 aliphatic heterocycles. The summed E-state index contributed by atoms with van der Waals surface area (Å²) in [6, 6.07) is 9.81. The molecule has 1 fully saturated rings. The van der Waals surface area contributed by atoms with Crippen molar-refractivity contribution < 1.29 is 23.5 Å². The van der Waals surface area contributed by atoms with E-state index in [0.29, 0.717) is 31.2 Å². The normalized spacial score (nSPS) is 18.0. The molecule has 0 bridgehead atoms. The number of fused-ring (bicyclic) bond motifs is 1. The number of ether oxygens (including phenoxy) is 2. The molecule has 4 rings (SSSR count). The molecule has 0 radical (unpaired) electrons. The number of anilines is 1. The largest absolute Gasteiger partial charge is 0.490 e. The lowest BCUT2D eigenvalue weighted by Crippen LogP contribution is -2.35. The number of likely N-dealkylation sites (tertiary alicyclic amines) is 1. The van der Waals surface area contributed by atoms with Crippen LogP contribution in [0.1, 0.15) is 41.2 Å². The summed E-state index contributed by atoms with van der Waals surface area (Å²) < 4.78 is 25.4. The van der Waals surface area contributed by atoms with Crippen molar-refractivity contribution in [3.8, 4) is 11.5 Å². The summed E-state index contributed by atoms with van der Waals surface area (Å²) in [5.74, 6) is -0.178. The average Bonchev–Trinajstić information content (AvgIpc) is 3.10. The molecule has 7 nitrogen and oxygen atoms in total. The minimum Gasteiger partial charge on any atom is -0.490 e. The fourth-order valence-corrected chi connectivity index (χ4v) is 3.90. The van der Waals surface area contributed by atoms with E-state index >= 15 is 0 Å². The van der Waals surface area contributed by atoms with Gasteiger partial charge in [-0.15, -0.1) is 0 Å². The Morgan fingerprint density at radius 1 is 1.10 bits per heavy atom. The van der Waals surface area contributed by atoms with Crippen LogP contribution in [0.5, 0.6) is 11.5 Å². The van der Waals surface area contributed by atoms with Crippen molar-refractivity contribution in [2.75, 3.05) is 31.6 Å². The summed E-state index contributed by atoms with van der Waals surface area (Å²) in [5.41, 5.74) is 6.36. The van der Waals surface area contributed by atoms with Crippen LogP contribution in [0.3, 0.4) is 0 Å². The quantitative estimate of drug-likeness (QED) is 0.786. The molecule has 2 aliphatic rings. The summed E-state index contributed by atoms with van der Waals surface area (Å²) in [5, 5.41) is 2.93. The number of amides is 2. The minimum atomic E-state index is -0.829. The summed E-state index contributed by atoms with van der Waals surface area (Å²) >= 11 is 0. The highest BCUT2D eigenvalue weighted by Crippen LogP contribution is 2.37. The maximum atomic E-state index is 13.9. The lowest BCUT2D eigenvalue weighted by molar-refractivity contribution is -0.130. The van der Waals surface area contributed by atoms with E-state index in [-0.39, 0.29) is 24.1 Å². The zero-order chi connectivity index (χ0) is 21.1. The van der Waals surface area contributed by atoms with Crippen molar-refractivity contribution in [2.45, 2.75) is 25.3 Å². The smallest absolute Gasteiger partial charge is 0.251 e. The van der Waals surface area contributed by atoms with E-state index in [1.54, 1.807) is 0 Å². The summed E-state index contributed by atoms with van der Waals surface area (Å²) in [4.78, 5) is 25.8. The van der Waals surface area contributed by atoms with Crippen molar-refractivity contribution in [2.24, 2.45) is 5.73 Å². The number of carbonyl (C=O) groups excluding carboxylic acids is 2. The van der Waals surface area contributed by atoms with Crippen LogP contribution in [0, 0.1) is 5.82 Å². The molecule has 158 valence electrons. The van der Waals surface area contributed by atoms with Crippen molar-refractivity contribution in [3.05, 3.63) is 53.3 Å². The summed E-state index contributed by atoms with van der Waals surface area (Å²) in [6.45, 7) is 1.93. The lowest BCUT2D eigenvalue weighted by Gasteiger charge is -2.26. The van der Waals surface area contributed by atoms with Crippen molar-refractivity contribution in [3.63, 3.8) is 0 Å². The molecule has 0 spiro atoms. The molecule has 8 heteroatoms. The highest BCUT2D eigenvalue weighted by Gasteiger charge is 2.30. The predicted octanol–water partition coefficient (Wildman–Crippen LogP) is 2.86. The Morgan fingerprint density at radius 3 is 2.67 bits per heavy atom. The highest BCUT2D eigenvalue weighted by molar-refractivity contribution is 5.93. The number of rotatable bonds is 5. The number of benzene rings is 2. The van der Waals surface area contributed by atoms with Crippen LogP contribution in [0.25, 0.3) is 0 Å². The molecule has 2 aromatic rings.